The van der Waals surface area contributed by atoms with Gasteiger partial charge in [0.2, 0.25) is 0 Å². The predicted molar refractivity (Wildman–Crippen MR) is 73.1 cm³/mol. The Kier molecular flexibility index (Phi) is 4.60. The van der Waals surface area contributed by atoms with Crippen LogP contribution in [0.4, 0.5) is 4.39 Å². The highest BCUT2D eigenvalue weighted by Crippen LogP contribution is 2.32. The van der Waals surface area contributed by atoms with Gasteiger partial charge in [0.15, 0.2) is 0 Å². The molecule has 0 saturated heterocycles. The van der Waals surface area contributed by atoms with Crippen molar-refractivity contribution in [2.75, 3.05) is 14.2 Å². The fraction of sp³-hybridized carbons (Fsp3) is 0.533. The monoisotopic (exact) mass is 281 g/mol. The molecule has 5 heteroatoms. The minimum absolute atomic E-state index is 0.0826. The Bertz CT molecular complexity index is 463. The maximum atomic E-state index is 12.9. The lowest BCUT2D eigenvalue weighted by molar-refractivity contribution is -0.151. The molecule has 0 aromatic heterocycles. The molecule has 2 atom stereocenters. The number of rotatable bonds is 4. The van der Waals surface area contributed by atoms with Crippen LogP contribution in [0.3, 0.4) is 0 Å². The van der Waals surface area contributed by atoms with Gasteiger partial charge in [-0.25, -0.2) is 4.39 Å². The summed E-state index contributed by atoms with van der Waals surface area (Å²) < 4.78 is 23.6. The zero-order valence-electron chi connectivity index (χ0n) is 11.8. The number of benzene rings is 1. The fourth-order valence-corrected chi connectivity index (χ4v) is 2.74. The minimum Gasteiger partial charge on any atom is -0.490 e. The number of hydrogen-bond acceptors (Lipinski definition) is 4. The number of hydrogen-bond donors (Lipinski definition) is 1. The number of carbonyl (C=O) groups excluding carboxylic acids is 1. The van der Waals surface area contributed by atoms with E-state index in [0.29, 0.717) is 12.2 Å². The number of ether oxygens (including phenoxy) is 2. The highest BCUT2D eigenvalue weighted by molar-refractivity contribution is 5.81. The smallest absolute Gasteiger partial charge is 0.326 e. The topological polar surface area (TPSA) is 47.6 Å². The summed E-state index contributed by atoms with van der Waals surface area (Å²) in [5, 5.41) is 3.08. The first-order chi connectivity index (χ1) is 9.59. The van der Waals surface area contributed by atoms with E-state index in [4.69, 9.17) is 9.47 Å². The van der Waals surface area contributed by atoms with E-state index in [0.717, 1.165) is 19.3 Å². The molecule has 0 heterocycles. The van der Waals surface area contributed by atoms with Crippen LogP contribution in [0.5, 0.6) is 5.75 Å². The van der Waals surface area contributed by atoms with Crippen LogP contribution in [0.15, 0.2) is 24.3 Å². The van der Waals surface area contributed by atoms with Gasteiger partial charge in [0.25, 0.3) is 0 Å². The molecular formula is C15H20FNO3. The van der Waals surface area contributed by atoms with Crippen LogP contribution < -0.4 is 10.1 Å². The third-order valence-corrected chi connectivity index (χ3v) is 3.88. The third-order valence-electron chi connectivity index (χ3n) is 3.88. The minimum atomic E-state index is -0.683. The second-order valence-electron chi connectivity index (χ2n) is 5.11. The molecule has 4 nitrogen and oxygen atoms in total. The molecule has 1 aromatic carbocycles. The summed E-state index contributed by atoms with van der Waals surface area (Å²) in [5.41, 5.74) is -0.683. The van der Waals surface area contributed by atoms with Crippen LogP contribution in [0.1, 0.15) is 25.7 Å². The summed E-state index contributed by atoms with van der Waals surface area (Å²) in [4.78, 5) is 12.0. The maximum absolute atomic E-state index is 12.9. The molecule has 1 aliphatic carbocycles. The van der Waals surface area contributed by atoms with Crippen molar-refractivity contribution >= 4 is 5.97 Å². The van der Waals surface area contributed by atoms with Gasteiger partial charge in [-0.1, -0.05) is 0 Å². The summed E-state index contributed by atoms with van der Waals surface area (Å²) in [7, 11) is 3.16. The second kappa shape index (κ2) is 6.22. The van der Waals surface area contributed by atoms with Crippen molar-refractivity contribution in [3.05, 3.63) is 30.1 Å². The van der Waals surface area contributed by atoms with Crippen molar-refractivity contribution in [2.45, 2.75) is 37.3 Å². The molecule has 0 amide bonds. The molecule has 20 heavy (non-hydrogen) atoms. The van der Waals surface area contributed by atoms with Crippen molar-refractivity contribution in [1.82, 2.24) is 5.32 Å². The highest BCUT2D eigenvalue weighted by Gasteiger charge is 2.43. The third kappa shape index (κ3) is 3.10. The zero-order valence-corrected chi connectivity index (χ0v) is 11.8. The highest BCUT2D eigenvalue weighted by atomic mass is 19.1. The lowest BCUT2D eigenvalue weighted by Gasteiger charge is -2.38. The number of halogens is 1. The molecule has 0 radical (unpaired) electrons. The number of esters is 1. The van der Waals surface area contributed by atoms with Gasteiger partial charge in [-0.3, -0.25) is 4.79 Å². The van der Waals surface area contributed by atoms with Gasteiger partial charge in [-0.15, -0.1) is 0 Å². The molecule has 1 aliphatic rings. The van der Waals surface area contributed by atoms with Crippen LogP contribution in [-0.4, -0.2) is 31.8 Å². The first kappa shape index (κ1) is 14.8. The van der Waals surface area contributed by atoms with E-state index in [1.54, 1.807) is 19.2 Å². The predicted octanol–water partition coefficient (Wildman–Crippen LogP) is 2.28. The number of methoxy groups -OCH3 is 1. The standard InChI is InChI=1S/C15H20FNO3/c1-17-15(14(18)19-2)9-3-4-13(10-15)20-12-7-5-11(16)6-8-12/h5-8,13,17H,3-4,9-10H2,1-2H3. The van der Waals surface area contributed by atoms with Crippen molar-refractivity contribution in [3.8, 4) is 5.75 Å². The molecule has 0 bridgehead atoms. The Labute approximate surface area is 118 Å². The van der Waals surface area contributed by atoms with Crippen LogP contribution >= 0.6 is 0 Å². The van der Waals surface area contributed by atoms with E-state index in [-0.39, 0.29) is 17.9 Å². The van der Waals surface area contributed by atoms with Gasteiger partial charge < -0.3 is 14.8 Å². The van der Waals surface area contributed by atoms with Crippen LogP contribution in [0.25, 0.3) is 0 Å². The Morgan fingerprint density at radius 1 is 1.40 bits per heavy atom. The first-order valence-electron chi connectivity index (χ1n) is 6.79. The molecule has 0 spiro atoms. The summed E-state index contributed by atoms with van der Waals surface area (Å²) >= 11 is 0. The quantitative estimate of drug-likeness (QED) is 0.860. The maximum Gasteiger partial charge on any atom is 0.326 e. The van der Waals surface area contributed by atoms with E-state index in [1.807, 2.05) is 0 Å². The molecule has 1 saturated carbocycles. The molecule has 1 aromatic rings. The van der Waals surface area contributed by atoms with Gasteiger partial charge >= 0.3 is 5.97 Å². The van der Waals surface area contributed by atoms with Crippen LogP contribution in [-0.2, 0) is 9.53 Å². The summed E-state index contributed by atoms with van der Waals surface area (Å²) in [5.74, 6) is 0.0701. The Hall–Kier alpha value is -1.62. The molecule has 2 rings (SSSR count). The summed E-state index contributed by atoms with van der Waals surface area (Å²) in [6, 6.07) is 5.93. The number of carbonyl (C=O) groups is 1. The van der Waals surface area contributed by atoms with E-state index < -0.39 is 5.54 Å². The van der Waals surface area contributed by atoms with Gasteiger partial charge in [-0.2, -0.15) is 0 Å². The zero-order chi connectivity index (χ0) is 14.6. The van der Waals surface area contributed by atoms with E-state index >= 15 is 0 Å². The average Bonchev–Trinajstić information content (AvgIpc) is 2.49. The van der Waals surface area contributed by atoms with Crippen molar-refractivity contribution < 1.29 is 18.7 Å². The van der Waals surface area contributed by atoms with Crippen LogP contribution in [0, 0.1) is 5.82 Å². The van der Waals surface area contributed by atoms with Crippen LogP contribution in [0.2, 0.25) is 0 Å². The van der Waals surface area contributed by atoms with E-state index in [9.17, 15) is 9.18 Å². The van der Waals surface area contributed by atoms with Gasteiger partial charge in [0.05, 0.1) is 7.11 Å². The SMILES string of the molecule is CNC1(C(=O)OC)CCCC(Oc2ccc(F)cc2)C1. The lowest BCUT2D eigenvalue weighted by atomic mass is 9.80. The number of nitrogens with one attached hydrogen (secondary N) is 1. The fourth-order valence-electron chi connectivity index (χ4n) is 2.74. The Morgan fingerprint density at radius 2 is 2.10 bits per heavy atom. The molecule has 1 fully saturated rings. The van der Waals surface area contributed by atoms with Gasteiger partial charge in [-0.05, 0) is 50.6 Å². The van der Waals surface area contributed by atoms with Crippen molar-refractivity contribution in [2.24, 2.45) is 0 Å². The lowest BCUT2D eigenvalue weighted by Crippen LogP contribution is -2.55. The molecule has 2 unspecified atom stereocenters. The molecule has 1 N–H and O–H groups in total. The number of likely N-dealkylation sites (N-methyl/N-ethyl adjacent to an activating group) is 1. The van der Waals surface area contributed by atoms with Gasteiger partial charge in [0.1, 0.15) is 23.2 Å². The normalized spacial score (nSPS) is 26.1. The van der Waals surface area contributed by atoms with Gasteiger partial charge in [0, 0.05) is 6.42 Å². The molecule has 110 valence electrons. The average molecular weight is 281 g/mol. The van der Waals surface area contributed by atoms with Crippen molar-refractivity contribution in [1.29, 1.82) is 0 Å². The molecule has 0 aliphatic heterocycles. The van der Waals surface area contributed by atoms with E-state index in [2.05, 4.69) is 5.32 Å². The Balaban J connectivity index is 2.06. The van der Waals surface area contributed by atoms with Crippen molar-refractivity contribution in [3.63, 3.8) is 0 Å². The second-order valence-corrected chi connectivity index (χ2v) is 5.11. The molecular weight excluding hydrogens is 261 g/mol. The summed E-state index contributed by atoms with van der Waals surface area (Å²) in [6.45, 7) is 0. The largest absolute Gasteiger partial charge is 0.490 e. The Morgan fingerprint density at radius 3 is 2.70 bits per heavy atom. The summed E-state index contributed by atoms with van der Waals surface area (Å²) in [6.07, 6.45) is 2.95. The van der Waals surface area contributed by atoms with E-state index in [1.165, 1.54) is 19.2 Å². The first-order valence-corrected chi connectivity index (χ1v) is 6.79.